The second-order valence-corrected chi connectivity index (χ2v) is 12.0. The van der Waals surface area contributed by atoms with Gasteiger partial charge in [0.1, 0.15) is 6.04 Å². The van der Waals surface area contributed by atoms with E-state index in [1.165, 1.54) is 11.0 Å². The summed E-state index contributed by atoms with van der Waals surface area (Å²) in [5, 5.41) is 19.6. The zero-order chi connectivity index (χ0) is 33.2. The van der Waals surface area contributed by atoms with Crippen molar-refractivity contribution in [2.24, 2.45) is 7.05 Å². The maximum absolute atomic E-state index is 13.9. The smallest absolute Gasteiger partial charge is 0.264 e. The lowest BCUT2D eigenvalue weighted by molar-refractivity contribution is -0.141. The van der Waals surface area contributed by atoms with E-state index in [0.717, 1.165) is 29.0 Å². The van der Waals surface area contributed by atoms with Crippen LogP contribution in [0.25, 0.3) is 0 Å². The van der Waals surface area contributed by atoms with Gasteiger partial charge in [-0.3, -0.25) is 48.8 Å². The van der Waals surface area contributed by atoms with Crippen molar-refractivity contribution in [1.82, 2.24) is 40.4 Å². The summed E-state index contributed by atoms with van der Waals surface area (Å²) in [4.78, 5) is 81.1. The Balaban J connectivity index is 1.25. The van der Waals surface area contributed by atoms with Crippen molar-refractivity contribution in [2.45, 2.75) is 63.5 Å². The van der Waals surface area contributed by atoms with Crippen LogP contribution in [-0.2, 0) is 32.6 Å². The van der Waals surface area contributed by atoms with Crippen LogP contribution in [0.4, 0.5) is 5.69 Å². The highest BCUT2D eigenvalue weighted by molar-refractivity contribution is 6.25. The summed E-state index contributed by atoms with van der Waals surface area (Å²) in [6, 6.07) is 4.64. The molecule has 47 heavy (non-hydrogen) atoms. The summed E-state index contributed by atoms with van der Waals surface area (Å²) >= 11 is 0. The molecule has 1 saturated heterocycles. The molecule has 0 bridgehead atoms. The molecule has 0 spiro atoms. The van der Waals surface area contributed by atoms with Crippen molar-refractivity contribution in [3.63, 3.8) is 0 Å². The number of carbonyl (C=O) groups excluding carboxylic acids is 6. The zero-order valence-electron chi connectivity index (χ0n) is 26.2. The first-order chi connectivity index (χ1) is 22.7. The molecule has 3 aliphatic rings. The van der Waals surface area contributed by atoms with E-state index in [1.54, 1.807) is 36.3 Å². The van der Waals surface area contributed by atoms with E-state index in [4.69, 9.17) is 0 Å². The molecule has 2 aliphatic heterocycles. The minimum Gasteiger partial charge on any atom is -0.383 e. The van der Waals surface area contributed by atoms with Gasteiger partial charge in [0.15, 0.2) is 6.04 Å². The molecule has 246 valence electrons. The quantitative estimate of drug-likeness (QED) is 0.198. The first-order valence-corrected chi connectivity index (χ1v) is 15.8. The van der Waals surface area contributed by atoms with Crippen LogP contribution < -0.4 is 16.0 Å². The van der Waals surface area contributed by atoms with Gasteiger partial charge in [-0.2, -0.15) is 10.2 Å². The van der Waals surface area contributed by atoms with Crippen molar-refractivity contribution in [2.75, 3.05) is 25.0 Å². The predicted octanol–water partition coefficient (Wildman–Crippen LogP) is 1.17. The van der Waals surface area contributed by atoms with Crippen LogP contribution in [0.1, 0.15) is 88.7 Å². The SMILES string of the molecule is CCNC(=O)C(c1cc(C2CC2)nn1C)N(CCNc1cccc2c1C(=O)N(C1CCC(=O)NC1=O)C2=O)C(=O)CCc1cn[nH]c1. The summed E-state index contributed by atoms with van der Waals surface area (Å²) < 4.78 is 1.66. The lowest BCUT2D eigenvalue weighted by Gasteiger charge is -2.31. The van der Waals surface area contributed by atoms with Crippen LogP contribution in [0.2, 0.25) is 0 Å². The first-order valence-electron chi connectivity index (χ1n) is 15.8. The molecule has 0 radical (unpaired) electrons. The largest absolute Gasteiger partial charge is 0.383 e. The zero-order valence-corrected chi connectivity index (χ0v) is 26.2. The van der Waals surface area contributed by atoms with E-state index in [-0.39, 0.29) is 55.3 Å². The number of piperidine rings is 1. The predicted molar refractivity (Wildman–Crippen MR) is 167 cm³/mol. The van der Waals surface area contributed by atoms with Gasteiger partial charge < -0.3 is 15.5 Å². The molecule has 3 aromatic rings. The first kappa shape index (κ1) is 31.6. The Hall–Kier alpha value is -5.34. The summed E-state index contributed by atoms with van der Waals surface area (Å²) in [6.45, 7) is 2.40. The fourth-order valence-corrected chi connectivity index (χ4v) is 6.23. The van der Waals surface area contributed by atoms with Crippen LogP contribution >= 0.6 is 0 Å². The number of likely N-dealkylation sites (N-methyl/N-ethyl adjacent to an activating group) is 1. The molecule has 1 saturated carbocycles. The molecule has 6 amide bonds. The molecule has 4 N–H and O–H groups in total. The van der Waals surface area contributed by atoms with Gasteiger partial charge in [0.05, 0.1) is 28.7 Å². The normalized spacial score (nSPS) is 18.2. The van der Waals surface area contributed by atoms with Crippen LogP contribution in [0.3, 0.4) is 0 Å². The van der Waals surface area contributed by atoms with Crippen molar-refractivity contribution in [1.29, 1.82) is 0 Å². The Morgan fingerprint density at radius 2 is 1.94 bits per heavy atom. The molecule has 15 nitrogen and oxygen atoms in total. The Morgan fingerprint density at radius 3 is 2.64 bits per heavy atom. The third-order valence-electron chi connectivity index (χ3n) is 8.76. The average molecular weight is 644 g/mol. The fourth-order valence-electron chi connectivity index (χ4n) is 6.23. The lowest BCUT2D eigenvalue weighted by atomic mass is 10.0. The van der Waals surface area contributed by atoms with E-state index in [0.29, 0.717) is 30.3 Å². The topological polar surface area (TPSA) is 191 Å². The molecule has 4 heterocycles. The van der Waals surface area contributed by atoms with Gasteiger partial charge in [0.25, 0.3) is 11.8 Å². The highest BCUT2D eigenvalue weighted by atomic mass is 16.2. The molecule has 1 aliphatic carbocycles. The van der Waals surface area contributed by atoms with Gasteiger partial charge in [-0.25, -0.2) is 0 Å². The van der Waals surface area contributed by atoms with Crippen molar-refractivity contribution < 1.29 is 28.8 Å². The van der Waals surface area contributed by atoms with Crippen molar-refractivity contribution in [3.8, 4) is 0 Å². The van der Waals surface area contributed by atoms with Crippen LogP contribution in [-0.4, -0.2) is 90.9 Å². The van der Waals surface area contributed by atoms with Gasteiger partial charge >= 0.3 is 0 Å². The molecule has 6 rings (SSSR count). The van der Waals surface area contributed by atoms with E-state index in [2.05, 4.69) is 31.2 Å². The second-order valence-electron chi connectivity index (χ2n) is 12.0. The third kappa shape index (κ3) is 6.37. The summed E-state index contributed by atoms with van der Waals surface area (Å²) in [5.41, 5.74) is 2.94. The number of benzene rings is 1. The van der Waals surface area contributed by atoms with Crippen molar-refractivity contribution >= 4 is 41.1 Å². The number of nitrogens with one attached hydrogen (secondary N) is 4. The number of imide groups is 2. The van der Waals surface area contributed by atoms with Gasteiger partial charge in [0, 0.05) is 57.3 Å². The monoisotopic (exact) mass is 643 g/mol. The second kappa shape index (κ2) is 13.2. The Kier molecular flexibility index (Phi) is 8.87. The molecular weight excluding hydrogens is 606 g/mol. The Bertz CT molecular complexity index is 1730. The summed E-state index contributed by atoms with van der Waals surface area (Å²) in [5.74, 6) is -2.64. The third-order valence-corrected chi connectivity index (χ3v) is 8.76. The fraction of sp³-hybridized carbons (Fsp3) is 0.438. The number of aromatic amines is 1. The number of aryl methyl sites for hydroxylation is 2. The van der Waals surface area contributed by atoms with E-state index < -0.39 is 35.7 Å². The molecule has 2 unspecified atom stereocenters. The number of amides is 6. The highest BCUT2D eigenvalue weighted by Gasteiger charge is 2.45. The summed E-state index contributed by atoms with van der Waals surface area (Å²) in [6.07, 6.45) is 6.03. The Morgan fingerprint density at radius 1 is 1.13 bits per heavy atom. The Labute approximate surface area is 270 Å². The minimum atomic E-state index is -1.09. The number of H-pyrrole nitrogens is 1. The van der Waals surface area contributed by atoms with E-state index >= 15 is 0 Å². The average Bonchev–Trinajstić information content (AvgIpc) is 3.53. The molecule has 15 heteroatoms. The molecule has 2 atom stereocenters. The van der Waals surface area contributed by atoms with Crippen LogP contribution in [0.15, 0.2) is 36.7 Å². The van der Waals surface area contributed by atoms with Crippen molar-refractivity contribution in [3.05, 3.63) is 64.7 Å². The lowest BCUT2D eigenvalue weighted by Crippen LogP contribution is -2.54. The number of nitrogens with zero attached hydrogens (tertiary/aromatic N) is 5. The molecular formula is C32H37N9O6. The highest BCUT2D eigenvalue weighted by Crippen LogP contribution is 2.40. The number of fused-ring (bicyclic) bond motifs is 1. The number of rotatable bonds is 13. The minimum absolute atomic E-state index is 0.0188. The summed E-state index contributed by atoms with van der Waals surface area (Å²) in [7, 11) is 1.77. The maximum Gasteiger partial charge on any atom is 0.264 e. The van der Waals surface area contributed by atoms with Crippen LogP contribution in [0.5, 0.6) is 0 Å². The van der Waals surface area contributed by atoms with Gasteiger partial charge in [-0.1, -0.05) is 6.07 Å². The maximum atomic E-state index is 13.9. The molecule has 2 aromatic heterocycles. The standard InChI is InChI=1S/C32H37N9O6/c1-3-33-30(45)28(24-15-22(19-8-9-19)38-39(24)2)40(26(43)12-7-18-16-35-36-17-18)14-13-34-21-6-4-5-20-27(21)32(47)41(31(20)46)23-10-11-25(42)37-29(23)44/h4-6,15-17,19,23,28,34H,3,7-14H2,1-2H3,(H,33,45)(H,35,36)(H,37,42,44). The van der Waals surface area contributed by atoms with Gasteiger partial charge in [-0.15, -0.1) is 0 Å². The van der Waals surface area contributed by atoms with Gasteiger partial charge in [0.2, 0.25) is 23.6 Å². The van der Waals surface area contributed by atoms with E-state index in [9.17, 15) is 28.8 Å². The number of hydrogen-bond acceptors (Lipinski definition) is 9. The van der Waals surface area contributed by atoms with Gasteiger partial charge in [-0.05, 0) is 56.4 Å². The molecule has 2 fully saturated rings. The number of aromatic nitrogens is 4. The number of carbonyl (C=O) groups is 6. The molecule has 1 aromatic carbocycles. The number of hydrogen-bond donors (Lipinski definition) is 4. The van der Waals surface area contributed by atoms with E-state index in [1.807, 2.05) is 13.0 Å². The van der Waals surface area contributed by atoms with Crippen LogP contribution in [0, 0.1) is 0 Å². The number of anilines is 1.